The lowest BCUT2D eigenvalue weighted by Crippen LogP contribution is -2.48. The SMILES string of the molecule is COc1ccc(C(=O)C2(N)CCOC2)c(C)c1. The zero-order chi connectivity index (χ0) is 12.5. The van der Waals surface area contributed by atoms with Gasteiger partial charge in [-0.1, -0.05) is 0 Å². The third kappa shape index (κ3) is 2.18. The van der Waals surface area contributed by atoms with Gasteiger partial charge in [-0.2, -0.15) is 0 Å². The second-order valence-corrected chi connectivity index (χ2v) is 4.47. The number of rotatable bonds is 3. The highest BCUT2D eigenvalue weighted by Crippen LogP contribution is 2.25. The second-order valence-electron chi connectivity index (χ2n) is 4.47. The first-order valence-electron chi connectivity index (χ1n) is 5.63. The first-order valence-corrected chi connectivity index (χ1v) is 5.63. The Morgan fingerprint density at radius 1 is 1.53 bits per heavy atom. The Kier molecular flexibility index (Phi) is 3.17. The average molecular weight is 235 g/mol. The first kappa shape index (κ1) is 12.1. The summed E-state index contributed by atoms with van der Waals surface area (Å²) in [5, 5.41) is 0. The third-order valence-electron chi connectivity index (χ3n) is 3.18. The number of benzene rings is 1. The fourth-order valence-electron chi connectivity index (χ4n) is 2.05. The van der Waals surface area contributed by atoms with Gasteiger partial charge >= 0.3 is 0 Å². The highest BCUT2D eigenvalue weighted by atomic mass is 16.5. The van der Waals surface area contributed by atoms with Crippen LogP contribution in [0.2, 0.25) is 0 Å². The lowest BCUT2D eigenvalue weighted by molar-refractivity contribution is 0.0862. The zero-order valence-corrected chi connectivity index (χ0v) is 10.2. The average Bonchev–Trinajstić information content (AvgIpc) is 2.76. The van der Waals surface area contributed by atoms with Gasteiger partial charge in [0.15, 0.2) is 5.78 Å². The summed E-state index contributed by atoms with van der Waals surface area (Å²) < 4.78 is 10.3. The molecule has 1 aliphatic rings. The van der Waals surface area contributed by atoms with Crippen molar-refractivity contribution in [3.05, 3.63) is 29.3 Å². The Bertz CT molecular complexity index is 436. The van der Waals surface area contributed by atoms with Gasteiger partial charge in [0, 0.05) is 12.2 Å². The van der Waals surface area contributed by atoms with Crippen molar-refractivity contribution in [3.63, 3.8) is 0 Å². The molecule has 0 aliphatic carbocycles. The van der Waals surface area contributed by atoms with E-state index in [9.17, 15) is 4.79 Å². The van der Waals surface area contributed by atoms with E-state index in [2.05, 4.69) is 0 Å². The van der Waals surface area contributed by atoms with E-state index in [0.717, 1.165) is 11.3 Å². The maximum atomic E-state index is 12.3. The topological polar surface area (TPSA) is 61.5 Å². The molecule has 2 rings (SSSR count). The Balaban J connectivity index is 2.31. The molecule has 0 aromatic heterocycles. The summed E-state index contributed by atoms with van der Waals surface area (Å²) in [7, 11) is 1.60. The van der Waals surface area contributed by atoms with Crippen LogP contribution in [0.1, 0.15) is 22.3 Å². The summed E-state index contributed by atoms with van der Waals surface area (Å²) >= 11 is 0. The van der Waals surface area contributed by atoms with Crippen LogP contribution in [0.15, 0.2) is 18.2 Å². The highest BCUT2D eigenvalue weighted by molar-refractivity contribution is 6.04. The number of hydrogen-bond acceptors (Lipinski definition) is 4. The molecule has 0 saturated carbocycles. The van der Waals surface area contributed by atoms with Crippen LogP contribution < -0.4 is 10.5 Å². The zero-order valence-electron chi connectivity index (χ0n) is 10.2. The lowest BCUT2D eigenvalue weighted by atomic mass is 9.88. The fraction of sp³-hybridized carbons (Fsp3) is 0.462. The molecule has 1 aromatic rings. The normalized spacial score (nSPS) is 23.7. The minimum Gasteiger partial charge on any atom is -0.497 e. The molecular weight excluding hydrogens is 218 g/mol. The van der Waals surface area contributed by atoms with Gasteiger partial charge in [0.25, 0.3) is 0 Å². The number of carbonyl (C=O) groups excluding carboxylic acids is 1. The van der Waals surface area contributed by atoms with E-state index in [-0.39, 0.29) is 5.78 Å². The number of carbonyl (C=O) groups is 1. The van der Waals surface area contributed by atoms with Crippen LogP contribution in [0.5, 0.6) is 5.75 Å². The molecule has 0 amide bonds. The molecule has 4 heteroatoms. The van der Waals surface area contributed by atoms with Crippen LogP contribution in [0.3, 0.4) is 0 Å². The van der Waals surface area contributed by atoms with Gasteiger partial charge in [-0.3, -0.25) is 4.79 Å². The predicted octanol–water partition coefficient (Wildman–Crippen LogP) is 1.30. The number of ether oxygens (including phenoxy) is 2. The lowest BCUT2D eigenvalue weighted by Gasteiger charge is -2.21. The number of ketones is 1. The van der Waals surface area contributed by atoms with Crippen molar-refractivity contribution in [1.82, 2.24) is 0 Å². The molecule has 1 saturated heterocycles. The highest BCUT2D eigenvalue weighted by Gasteiger charge is 2.39. The summed E-state index contributed by atoms with van der Waals surface area (Å²) in [4.78, 5) is 12.3. The van der Waals surface area contributed by atoms with Crippen LogP contribution >= 0.6 is 0 Å². The maximum Gasteiger partial charge on any atom is 0.185 e. The molecule has 1 aliphatic heterocycles. The summed E-state index contributed by atoms with van der Waals surface area (Å²) in [6, 6.07) is 5.38. The van der Waals surface area contributed by atoms with Crippen molar-refractivity contribution in [3.8, 4) is 5.75 Å². The van der Waals surface area contributed by atoms with Crippen LogP contribution in [-0.4, -0.2) is 31.6 Å². The van der Waals surface area contributed by atoms with Crippen LogP contribution in [0.25, 0.3) is 0 Å². The van der Waals surface area contributed by atoms with Gasteiger partial charge < -0.3 is 15.2 Å². The summed E-state index contributed by atoms with van der Waals surface area (Å²) in [5.41, 5.74) is 6.74. The number of nitrogens with two attached hydrogens (primary N) is 1. The van der Waals surface area contributed by atoms with Crippen LogP contribution in [0.4, 0.5) is 0 Å². The molecule has 1 unspecified atom stereocenters. The minimum atomic E-state index is -0.862. The standard InChI is InChI=1S/C13H17NO3/c1-9-7-10(16-2)3-4-11(9)12(15)13(14)5-6-17-8-13/h3-4,7H,5-6,8,14H2,1-2H3. The number of Topliss-reactive ketones (excluding diaryl/α,β-unsaturated/α-hetero) is 1. The van der Waals surface area contributed by atoms with Gasteiger partial charge in [-0.15, -0.1) is 0 Å². The number of hydrogen-bond donors (Lipinski definition) is 1. The van der Waals surface area contributed by atoms with Crippen molar-refractivity contribution in [1.29, 1.82) is 0 Å². The van der Waals surface area contributed by atoms with Crippen molar-refractivity contribution in [2.75, 3.05) is 20.3 Å². The van der Waals surface area contributed by atoms with Gasteiger partial charge in [-0.25, -0.2) is 0 Å². The molecule has 92 valence electrons. The number of methoxy groups -OCH3 is 1. The van der Waals surface area contributed by atoms with Crippen LogP contribution in [0, 0.1) is 6.92 Å². The molecule has 1 fully saturated rings. The molecule has 1 atom stereocenters. The molecular formula is C13H17NO3. The molecule has 0 radical (unpaired) electrons. The smallest absolute Gasteiger partial charge is 0.185 e. The molecule has 1 heterocycles. The largest absolute Gasteiger partial charge is 0.497 e. The van der Waals surface area contributed by atoms with E-state index in [1.54, 1.807) is 19.2 Å². The molecule has 17 heavy (non-hydrogen) atoms. The van der Waals surface area contributed by atoms with Crippen molar-refractivity contribution in [2.45, 2.75) is 18.9 Å². The van der Waals surface area contributed by atoms with E-state index >= 15 is 0 Å². The van der Waals surface area contributed by atoms with E-state index in [1.165, 1.54) is 0 Å². The third-order valence-corrected chi connectivity index (χ3v) is 3.18. The van der Waals surface area contributed by atoms with Gasteiger partial charge in [0.05, 0.1) is 13.7 Å². The van der Waals surface area contributed by atoms with Crippen molar-refractivity contribution >= 4 is 5.78 Å². The van der Waals surface area contributed by atoms with E-state index in [4.69, 9.17) is 15.2 Å². The first-order chi connectivity index (χ1) is 8.07. The Labute approximate surface area is 101 Å². The van der Waals surface area contributed by atoms with Gasteiger partial charge in [0.1, 0.15) is 11.3 Å². The molecule has 4 nitrogen and oxygen atoms in total. The van der Waals surface area contributed by atoms with Gasteiger partial charge in [-0.05, 0) is 37.1 Å². The summed E-state index contributed by atoms with van der Waals surface area (Å²) in [5.74, 6) is 0.697. The Morgan fingerprint density at radius 2 is 2.29 bits per heavy atom. The van der Waals surface area contributed by atoms with Gasteiger partial charge in [0.2, 0.25) is 0 Å². The summed E-state index contributed by atoms with van der Waals surface area (Å²) in [6.07, 6.45) is 0.581. The monoisotopic (exact) mass is 235 g/mol. The fourth-order valence-corrected chi connectivity index (χ4v) is 2.05. The quantitative estimate of drug-likeness (QED) is 0.802. The summed E-state index contributed by atoms with van der Waals surface area (Å²) in [6.45, 7) is 2.74. The number of aryl methyl sites for hydroxylation is 1. The molecule has 1 aromatic carbocycles. The molecule has 2 N–H and O–H groups in total. The maximum absolute atomic E-state index is 12.3. The van der Waals surface area contributed by atoms with E-state index in [1.807, 2.05) is 13.0 Å². The minimum absolute atomic E-state index is 0.0462. The second kappa shape index (κ2) is 4.47. The van der Waals surface area contributed by atoms with Crippen molar-refractivity contribution in [2.24, 2.45) is 5.73 Å². The van der Waals surface area contributed by atoms with E-state index in [0.29, 0.717) is 25.2 Å². The molecule has 0 spiro atoms. The van der Waals surface area contributed by atoms with Crippen LogP contribution in [-0.2, 0) is 4.74 Å². The predicted molar refractivity (Wildman–Crippen MR) is 64.4 cm³/mol. The van der Waals surface area contributed by atoms with Crippen molar-refractivity contribution < 1.29 is 14.3 Å². The van der Waals surface area contributed by atoms with E-state index < -0.39 is 5.54 Å². The Hall–Kier alpha value is -1.39. The molecule has 0 bridgehead atoms. The Morgan fingerprint density at radius 3 is 2.82 bits per heavy atom.